The second-order valence-electron chi connectivity index (χ2n) is 9.86. The molecule has 38 heavy (non-hydrogen) atoms. The van der Waals surface area contributed by atoms with Gasteiger partial charge in [-0.2, -0.15) is 0 Å². The van der Waals surface area contributed by atoms with E-state index in [0.29, 0.717) is 19.6 Å². The van der Waals surface area contributed by atoms with E-state index < -0.39 is 5.60 Å². The van der Waals surface area contributed by atoms with Gasteiger partial charge in [0.25, 0.3) is 0 Å². The van der Waals surface area contributed by atoms with Crippen LogP contribution in [0.25, 0.3) is 0 Å². The molecule has 196 valence electrons. The first-order chi connectivity index (χ1) is 18.7. The smallest absolute Gasteiger partial charge is 0.199 e. The van der Waals surface area contributed by atoms with Gasteiger partial charge in [0.15, 0.2) is 6.29 Å². The lowest BCUT2D eigenvalue weighted by Gasteiger charge is -2.38. The van der Waals surface area contributed by atoms with Crippen molar-refractivity contribution < 1.29 is 19.3 Å². The van der Waals surface area contributed by atoms with Crippen molar-refractivity contribution in [1.29, 1.82) is 0 Å². The standard InChI is InChI=1S/C34H36O4/c35-34(29-16-8-3-9-17-29,30-19-21-31(22-20-30)38-33-18-10-11-24-37-33)32(28-14-6-2-7-15-28)23-25-36-26-27-12-4-1-5-13-27/h1-9,12-17,19-22,32-33,35H,10-11,18,23-26H2. The van der Waals surface area contributed by atoms with E-state index in [-0.39, 0.29) is 12.2 Å². The van der Waals surface area contributed by atoms with Crippen molar-refractivity contribution in [2.75, 3.05) is 13.2 Å². The number of hydrogen-bond donors (Lipinski definition) is 1. The van der Waals surface area contributed by atoms with Crippen molar-refractivity contribution in [3.8, 4) is 5.75 Å². The largest absolute Gasteiger partial charge is 0.465 e. The van der Waals surface area contributed by atoms with Crippen LogP contribution in [0.3, 0.4) is 0 Å². The first kappa shape index (κ1) is 26.2. The summed E-state index contributed by atoms with van der Waals surface area (Å²) in [6, 6.07) is 38.2. The molecule has 1 aliphatic rings. The zero-order valence-corrected chi connectivity index (χ0v) is 21.7. The lowest BCUT2D eigenvalue weighted by Crippen LogP contribution is -2.36. The van der Waals surface area contributed by atoms with E-state index in [2.05, 4.69) is 24.3 Å². The van der Waals surface area contributed by atoms with Crippen LogP contribution in [0, 0.1) is 0 Å². The van der Waals surface area contributed by atoms with Gasteiger partial charge in [-0.05, 0) is 53.6 Å². The molecule has 0 radical (unpaired) electrons. The van der Waals surface area contributed by atoms with Crippen LogP contribution in [0.4, 0.5) is 0 Å². The summed E-state index contributed by atoms with van der Waals surface area (Å²) >= 11 is 0. The van der Waals surface area contributed by atoms with Crippen LogP contribution in [0.2, 0.25) is 0 Å². The van der Waals surface area contributed by atoms with E-state index in [0.717, 1.165) is 53.9 Å². The van der Waals surface area contributed by atoms with E-state index >= 15 is 0 Å². The van der Waals surface area contributed by atoms with Gasteiger partial charge in [0.05, 0.1) is 13.2 Å². The normalized spacial score (nSPS) is 17.9. The Balaban J connectivity index is 1.43. The van der Waals surface area contributed by atoms with Gasteiger partial charge in [-0.1, -0.05) is 103 Å². The van der Waals surface area contributed by atoms with Gasteiger partial charge in [0.2, 0.25) is 0 Å². The SMILES string of the molecule is OC(c1ccccc1)(c1ccc(OC2CCCCO2)cc1)C(CCOCc1ccccc1)c1ccccc1. The second kappa shape index (κ2) is 12.9. The fraction of sp³-hybridized carbons (Fsp3) is 0.294. The zero-order chi connectivity index (χ0) is 26.0. The van der Waals surface area contributed by atoms with Crippen molar-refractivity contribution >= 4 is 0 Å². The summed E-state index contributed by atoms with van der Waals surface area (Å²) in [5.41, 5.74) is 2.61. The fourth-order valence-electron chi connectivity index (χ4n) is 5.27. The summed E-state index contributed by atoms with van der Waals surface area (Å²) < 4.78 is 17.9. The van der Waals surface area contributed by atoms with E-state index in [9.17, 15) is 5.11 Å². The lowest BCUT2D eigenvalue weighted by atomic mass is 9.71. The molecule has 4 aromatic carbocycles. The van der Waals surface area contributed by atoms with Crippen molar-refractivity contribution in [2.45, 2.75) is 50.1 Å². The summed E-state index contributed by atoms with van der Waals surface area (Å²) in [5, 5.41) is 12.7. The van der Waals surface area contributed by atoms with Crippen molar-refractivity contribution in [2.24, 2.45) is 0 Å². The van der Waals surface area contributed by atoms with Gasteiger partial charge >= 0.3 is 0 Å². The Hall–Kier alpha value is -3.44. The third-order valence-electron chi connectivity index (χ3n) is 7.28. The van der Waals surface area contributed by atoms with Gasteiger partial charge in [0, 0.05) is 18.9 Å². The highest BCUT2D eigenvalue weighted by Gasteiger charge is 2.41. The molecule has 1 fully saturated rings. The minimum Gasteiger partial charge on any atom is -0.465 e. The number of hydrogen-bond acceptors (Lipinski definition) is 4. The average Bonchev–Trinajstić information content (AvgIpc) is 2.99. The second-order valence-corrected chi connectivity index (χ2v) is 9.86. The van der Waals surface area contributed by atoms with Crippen LogP contribution in [0.1, 0.15) is 53.9 Å². The third-order valence-corrected chi connectivity index (χ3v) is 7.28. The minimum atomic E-state index is -1.27. The third kappa shape index (κ3) is 6.33. The number of aliphatic hydroxyl groups is 1. The minimum absolute atomic E-state index is 0.207. The summed E-state index contributed by atoms with van der Waals surface area (Å²) in [7, 11) is 0. The van der Waals surface area contributed by atoms with Crippen molar-refractivity contribution in [1.82, 2.24) is 0 Å². The first-order valence-corrected chi connectivity index (χ1v) is 13.6. The predicted molar refractivity (Wildman–Crippen MR) is 150 cm³/mol. The van der Waals surface area contributed by atoms with Crippen LogP contribution in [-0.2, 0) is 21.7 Å². The topological polar surface area (TPSA) is 47.9 Å². The number of ether oxygens (including phenoxy) is 3. The molecule has 4 nitrogen and oxygen atoms in total. The Morgan fingerprint density at radius 2 is 1.39 bits per heavy atom. The Kier molecular flexibility index (Phi) is 8.87. The van der Waals surface area contributed by atoms with Gasteiger partial charge in [-0.15, -0.1) is 0 Å². The summed E-state index contributed by atoms with van der Waals surface area (Å²) in [5.74, 6) is 0.522. The average molecular weight is 509 g/mol. The molecule has 5 rings (SSSR count). The number of benzene rings is 4. The van der Waals surface area contributed by atoms with Crippen LogP contribution in [0.5, 0.6) is 5.75 Å². The molecule has 1 N–H and O–H groups in total. The Labute approximate surface area is 225 Å². The highest BCUT2D eigenvalue weighted by atomic mass is 16.7. The molecule has 4 aromatic rings. The molecule has 0 aliphatic carbocycles. The molecular formula is C34H36O4. The number of rotatable bonds is 11. The molecule has 1 aliphatic heterocycles. The summed E-state index contributed by atoms with van der Waals surface area (Å²) in [4.78, 5) is 0. The highest BCUT2D eigenvalue weighted by molar-refractivity contribution is 5.43. The molecule has 0 spiro atoms. The molecular weight excluding hydrogens is 472 g/mol. The monoisotopic (exact) mass is 508 g/mol. The quantitative estimate of drug-likeness (QED) is 0.217. The molecule has 0 amide bonds. The van der Waals surface area contributed by atoms with Crippen LogP contribution in [-0.4, -0.2) is 24.6 Å². The molecule has 1 heterocycles. The van der Waals surface area contributed by atoms with Gasteiger partial charge in [-0.25, -0.2) is 0 Å². The molecule has 3 unspecified atom stereocenters. The molecule has 4 heteroatoms. The van der Waals surface area contributed by atoms with Crippen LogP contribution in [0.15, 0.2) is 115 Å². The van der Waals surface area contributed by atoms with Gasteiger partial charge in [-0.3, -0.25) is 0 Å². The Morgan fingerprint density at radius 3 is 2.05 bits per heavy atom. The Bertz CT molecular complexity index is 1220. The van der Waals surface area contributed by atoms with Crippen molar-refractivity contribution in [3.63, 3.8) is 0 Å². The fourth-order valence-corrected chi connectivity index (χ4v) is 5.27. The first-order valence-electron chi connectivity index (χ1n) is 13.6. The lowest BCUT2D eigenvalue weighted by molar-refractivity contribution is -0.105. The summed E-state index contributed by atoms with van der Waals surface area (Å²) in [6.07, 6.45) is 3.53. The molecule has 0 aromatic heterocycles. The van der Waals surface area contributed by atoms with Crippen LogP contribution < -0.4 is 4.74 Å². The highest BCUT2D eigenvalue weighted by Crippen LogP contribution is 2.45. The zero-order valence-electron chi connectivity index (χ0n) is 21.7. The maximum atomic E-state index is 12.7. The predicted octanol–water partition coefficient (Wildman–Crippen LogP) is 7.22. The van der Waals surface area contributed by atoms with E-state index in [4.69, 9.17) is 14.2 Å². The van der Waals surface area contributed by atoms with E-state index in [1.165, 1.54) is 0 Å². The molecule has 1 saturated heterocycles. The maximum Gasteiger partial charge on any atom is 0.199 e. The summed E-state index contributed by atoms with van der Waals surface area (Å²) in [6.45, 7) is 1.80. The molecule has 0 saturated carbocycles. The molecule has 0 bridgehead atoms. The Morgan fingerprint density at radius 1 is 0.763 bits per heavy atom. The molecule has 3 atom stereocenters. The van der Waals surface area contributed by atoms with Crippen molar-refractivity contribution in [3.05, 3.63) is 138 Å². The van der Waals surface area contributed by atoms with Crippen LogP contribution >= 0.6 is 0 Å². The van der Waals surface area contributed by atoms with E-state index in [1.807, 2.05) is 91.0 Å². The van der Waals surface area contributed by atoms with Gasteiger partial charge < -0.3 is 19.3 Å². The van der Waals surface area contributed by atoms with Gasteiger partial charge in [0.1, 0.15) is 11.4 Å². The van der Waals surface area contributed by atoms with E-state index in [1.54, 1.807) is 0 Å². The maximum absolute atomic E-state index is 12.7.